The Morgan fingerprint density at radius 1 is 1.04 bits per heavy atom. The van der Waals surface area contributed by atoms with Gasteiger partial charge in [0.2, 0.25) is 10.0 Å². The van der Waals surface area contributed by atoms with Gasteiger partial charge in [0.1, 0.15) is 6.54 Å². The zero-order valence-electron chi connectivity index (χ0n) is 15.3. The summed E-state index contributed by atoms with van der Waals surface area (Å²) in [4.78, 5) is 1.79. The lowest BCUT2D eigenvalue weighted by Gasteiger charge is -2.31. The fourth-order valence-electron chi connectivity index (χ4n) is 4.12. The summed E-state index contributed by atoms with van der Waals surface area (Å²) in [7, 11) is -3.41. The third kappa shape index (κ3) is 3.77. The van der Waals surface area contributed by atoms with Gasteiger partial charge >= 0.3 is 0 Å². The molecule has 1 heterocycles. The van der Waals surface area contributed by atoms with Gasteiger partial charge < -0.3 is 4.90 Å². The van der Waals surface area contributed by atoms with Gasteiger partial charge in [-0.25, -0.2) is 8.42 Å². The lowest BCUT2D eigenvalue weighted by molar-refractivity contribution is -0.917. The first-order chi connectivity index (χ1) is 13.1. The van der Waals surface area contributed by atoms with E-state index < -0.39 is 10.0 Å². The second-order valence-corrected chi connectivity index (χ2v) is 9.37. The number of aryl methyl sites for hydroxylation is 2. The number of quaternary nitrogens is 1. The maximum absolute atomic E-state index is 13.0. The third-order valence-corrected chi connectivity index (χ3v) is 7.54. The van der Waals surface area contributed by atoms with Crippen molar-refractivity contribution in [2.24, 2.45) is 0 Å². The number of benzene rings is 2. The molecule has 0 atom stereocenters. The van der Waals surface area contributed by atoms with Gasteiger partial charge in [-0.05, 0) is 54.7 Å². The molecule has 1 fully saturated rings. The maximum atomic E-state index is 13.0. The lowest BCUT2D eigenvalue weighted by atomic mass is 10.1. The van der Waals surface area contributed by atoms with E-state index in [1.54, 1.807) is 16.4 Å². The van der Waals surface area contributed by atoms with Crippen LogP contribution in [0.25, 0.3) is 0 Å². The molecule has 1 N–H and O–H groups in total. The number of hydrogen-bond donors (Lipinski definition) is 1. The molecule has 6 heteroatoms. The normalized spacial score (nSPS) is 18.2. The van der Waals surface area contributed by atoms with E-state index >= 15 is 0 Å². The first kappa shape index (κ1) is 18.2. The van der Waals surface area contributed by atoms with Crippen LogP contribution in [0.3, 0.4) is 0 Å². The molecule has 0 bridgehead atoms. The zero-order chi connectivity index (χ0) is 18.9. The van der Waals surface area contributed by atoms with Gasteiger partial charge in [0.05, 0.1) is 42.7 Å². The fourth-order valence-corrected chi connectivity index (χ4v) is 5.61. The van der Waals surface area contributed by atoms with Crippen molar-refractivity contribution < 1.29 is 13.3 Å². The Hall–Kier alpha value is -2.20. The van der Waals surface area contributed by atoms with E-state index in [1.807, 2.05) is 30.3 Å². The molecule has 2 aromatic rings. The van der Waals surface area contributed by atoms with Crippen LogP contribution in [0.1, 0.15) is 28.7 Å². The largest absolute Gasteiger partial charge is 0.329 e. The first-order valence-corrected chi connectivity index (χ1v) is 10.9. The summed E-state index contributed by atoms with van der Waals surface area (Å²) in [6.45, 7) is 3.45. The minimum absolute atomic E-state index is 0.438. The Morgan fingerprint density at radius 2 is 1.81 bits per heavy atom. The van der Waals surface area contributed by atoms with Crippen LogP contribution in [0.5, 0.6) is 0 Å². The highest BCUT2D eigenvalue weighted by atomic mass is 32.2. The van der Waals surface area contributed by atoms with Crippen LogP contribution in [0, 0.1) is 11.3 Å². The average molecular weight is 383 g/mol. The van der Waals surface area contributed by atoms with Gasteiger partial charge in [-0.2, -0.15) is 9.57 Å². The van der Waals surface area contributed by atoms with E-state index in [9.17, 15) is 8.42 Å². The molecule has 1 aliphatic heterocycles. The van der Waals surface area contributed by atoms with Gasteiger partial charge in [0.25, 0.3) is 0 Å². The molecule has 1 saturated heterocycles. The standard InChI is InChI=1S/C21H23N3O2S/c22-15-17-3-1-4-18(13-17)16-23-9-11-24(12-10-23)27(25,26)21-8-7-19-5-2-6-20(19)14-21/h1,3-4,7-8,13-14H,2,5-6,9-12,16H2/p+1. The first-order valence-electron chi connectivity index (χ1n) is 9.51. The second kappa shape index (κ2) is 7.43. The van der Waals surface area contributed by atoms with Crippen molar-refractivity contribution in [3.05, 3.63) is 64.7 Å². The van der Waals surface area contributed by atoms with Crippen LogP contribution in [0.4, 0.5) is 0 Å². The Balaban J connectivity index is 1.41. The topological polar surface area (TPSA) is 65.6 Å². The molecule has 5 nitrogen and oxygen atoms in total. The number of fused-ring (bicyclic) bond motifs is 1. The summed E-state index contributed by atoms with van der Waals surface area (Å²) >= 11 is 0. The van der Waals surface area contributed by atoms with Crippen LogP contribution >= 0.6 is 0 Å². The number of piperazine rings is 1. The molecular formula is C21H24N3O2S+. The van der Waals surface area contributed by atoms with Crippen molar-refractivity contribution in [2.75, 3.05) is 26.2 Å². The highest BCUT2D eigenvalue weighted by Crippen LogP contribution is 2.26. The van der Waals surface area contributed by atoms with E-state index in [-0.39, 0.29) is 0 Å². The predicted molar refractivity (Wildman–Crippen MR) is 103 cm³/mol. The number of sulfonamides is 1. The molecule has 0 amide bonds. The zero-order valence-corrected chi connectivity index (χ0v) is 16.1. The van der Waals surface area contributed by atoms with Gasteiger partial charge in [-0.1, -0.05) is 18.2 Å². The molecule has 0 radical (unpaired) electrons. The molecule has 140 valence electrons. The van der Waals surface area contributed by atoms with E-state index in [2.05, 4.69) is 6.07 Å². The van der Waals surface area contributed by atoms with Crippen molar-refractivity contribution in [2.45, 2.75) is 30.7 Å². The van der Waals surface area contributed by atoms with Crippen molar-refractivity contribution in [1.82, 2.24) is 4.31 Å². The fraction of sp³-hybridized carbons (Fsp3) is 0.381. The molecule has 1 aliphatic carbocycles. The molecule has 0 unspecified atom stereocenters. The predicted octanol–water partition coefficient (Wildman–Crippen LogP) is 1.14. The summed E-state index contributed by atoms with van der Waals surface area (Å²) in [5, 5.41) is 9.03. The van der Waals surface area contributed by atoms with Crippen LogP contribution < -0.4 is 4.90 Å². The SMILES string of the molecule is N#Cc1cccc(C[NH+]2CCN(S(=O)(=O)c3ccc4c(c3)CCC4)CC2)c1. The lowest BCUT2D eigenvalue weighted by Crippen LogP contribution is -3.13. The van der Waals surface area contributed by atoms with Gasteiger partial charge in [0, 0.05) is 5.56 Å². The van der Waals surface area contributed by atoms with E-state index in [4.69, 9.17) is 5.26 Å². The Labute approximate surface area is 160 Å². The van der Waals surface area contributed by atoms with Crippen molar-refractivity contribution in [1.29, 1.82) is 5.26 Å². The van der Waals surface area contributed by atoms with Gasteiger partial charge in [0.15, 0.2) is 0 Å². The molecule has 0 saturated carbocycles. The Kier molecular flexibility index (Phi) is 5.00. The molecule has 4 rings (SSSR count). The number of hydrogen-bond acceptors (Lipinski definition) is 3. The van der Waals surface area contributed by atoms with Crippen molar-refractivity contribution in [3.63, 3.8) is 0 Å². The van der Waals surface area contributed by atoms with Gasteiger partial charge in [-0.3, -0.25) is 0 Å². The molecule has 0 spiro atoms. The summed E-state index contributed by atoms with van der Waals surface area (Å²) in [5.41, 5.74) is 4.28. The van der Waals surface area contributed by atoms with E-state index in [1.165, 1.54) is 16.0 Å². The van der Waals surface area contributed by atoms with Crippen molar-refractivity contribution >= 4 is 10.0 Å². The quantitative estimate of drug-likeness (QED) is 0.862. The highest BCUT2D eigenvalue weighted by Gasteiger charge is 2.31. The third-order valence-electron chi connectivity index (χ3n) is 5.65. The Bertz CT molecular complexity index is 987. The van der Waals surface area contributed by atoms with Crippen LogP contribution in [0.2, 0.25) is 0 Å². The average Bonchev–Trinajstić information content (AvgIpc) is 3.16. The number of nitriles is 1. The second-order valence-electron chi connectivity index (χ2n) is 7.43. The van der Waals surface area contributed by atoms with Crippen LogP contribution in [0.15, 0.2) is 47.4 Å². The minimum atomic E-state index is -3.41. The molecular weight excluding hydrogens is 358 g/mol. The van der Waals surface area contributed by atoms with Crippen LogP contribution in [-0.2, 0) is 29.4 Å². The highest BCUT2D eigenvalue weighted by molar-refractivity contribution is 7.89. The molecule has 2 aromatic carbocycles. The monoisotopic (exact) mass is 382 g/mol. The number of nitrogens with one attached hydrogen (secondary N) is 1. The maximum Gasteiger partial charge on any atom is 0.243 e. The van der Waals surface area contributed by atoms with E-state index in [0.29, 0.717) is 23.5 Å². The van der Waals surface area contributed by atoms with Gasteiger partial charge in [-0.15, -0.1) is 0 Å². The summed E-state index contributed by atoms with van der Waals surface area (Å²) in [6.07, 6.45) is 3.16. The smallest absolute Gasteiger partial charge is 0.243 e. The number of nitrogens with zero attached hydrogens (tertiary/aromatic N) is 2. The molecule has 0 aromatic heterocycles. The summed E-state index contributed by atoms with van der Waals surface area (Å²) in [5.74, 6) is 0. The van der Waals surface area contributed by atoms with Crippen LogP contribution in [-0.4, -0.2) is 38.9 Å². The molecule has 27 heavy (non-hydrogen) atoms. The minimum Gasteiger partial charge on any atom is -0.329 e. The summed E-state index contributed by atoms with van der Waals surface area (Å²) in [6, 6.07) is 15.5. The van der Waals surface area contributed by atoms with Crippen molar-refractivity contribution in [3.8, 4) is 6.07 Å². The van der Waals surface area contributed by atoms with E-state index in [0.717, 1.165) is 44.5 Å². The summed E-state index contributed by atoms with van der Waals surface area (Å²) < 4.78 is 27.7. The molecule has 2 aliphatic rings. The number of rotatable bonds is 4. The Morgan fingerprint density at radius 3 is 2.59 bits per heavy atom.